The van der Waals surface area contributed by atoms with Crippen LogP contribution < -0.4 is 10.1 Å². The van der Waals surface area contributed by atoms with E-state index in [9.17, 15) is 0 Å². The predicted molar refractivity (Wildman–Crippen MR) is 88.1 cm³/mol. The molecule has 3 atom stereocenters. The Labute approximate surface area is 131 Å². The molecule has 1 aromatic rings. The third-order valence-corrected chi connectivity index (χ3v) is 5.04. The van der Waals surface area contributed by atoms with Crippen LogP contribution in [0.15, 0.2) is 22.7 Å². The quantitative estimate of drug-likeness (QED) is 0.834. The number of hydrogen-bond acceptors (Lipinski definition) is 2. The van der Waals surface area contributed by atoms with Crippen molar-refractivity contribution in [1.82, 2.24) is 5.32 Å². The van der Waals surface area contributed by atoms with Crippen molar-refractivity contribution in [3.63, 3.8) is 0 Å². The number of benzene rings is 1. The first-order valence-corrected chi connectivity index (χ1v) is 8.55. The summed E-state index contributed by atoms with van der Waals surface area (Å²) in [4.78, 5) is 0. The Kier molecular flexibility index (Phi) is 5.91. The number of nitrogens with one attached hydrogen (secondary N) is 1. The average molecular weight is 340 g/mol. The molecule has 1 fully saturated rings. The molecule has 3 heteroatoms. The number of ether oxygens (including phenoxy) is 1. The van der Waals surface area contributed by atoms with Crippen LogP contribution in [0.3, 0.4) is 0 Å². The molecule has 0 spiro atoms. The van der Waals surface area contributed by atoms with Crippen LogP contribution in [-0.4, -0.2) is 12.6 Å². The molecule has 1 aromatic carbocycles. The van der Waals surface area contributed by atoms with Crippen LogP contribution >= 0.6 is 15.9 Å². The van der Waals surface area contributed by atoms with Crippen LogP contribution in [0.2, 0.25) is 0 Å². The van der Waals surface area contributed by atoms with Gasteiger partial charge in [0.1, 0.15) is 5.75 Å². The lowest BCUT2D eigenvalue weighted by Gasteiger charge is -2.32. The maximum absolute atomic E-state index is 6.20. The van der Waals surface area contributed by atoms with E-state index in [4.69, 9.17) is 4.74 Å². The Hall–Kier alpha value is -0.540. The van der Waals surface area contributed by atoms with Gasteiger partial charge in [0, 0.05) is 6.54 Å². The summed E-state index contributed by atoms with van der Waals surface area (Å²) in [6, 6.07) is 6.41. The van der Waals surface area contributed by atoms with Gasteiger partial charge >= 0.3 is 0 Å². The molecule has 0 heterocycles. The summed E-state index contributed by atoms with van der Waals surface area (Å²) in [6.45, 7) is 8.72. The minimum absolute atomic E-state index is 0.372. The third-order valence-electron chi connectivity index (χ3n) is 4.42. The van der Waals surface area contributed by atoms with Crippen LogP contribution in [0.1, 0.15) is 45.6 Å². The summed E-state index contributed by atoms with van der Waals surface area (Å²) < 4.78 is 7.27. The lowest BCUT2D eigenvalue weighted by Crippen LogP contribution is -2.28. The number of halogens is 1. The highest BCUT2D eigenvalue weighted by molar-refractivity contribution is 9.10. The molecule has 20 heavy (non-hydrogen) atoms. The molecule has 0 aliphatic heterocycles. The highest BCUT2D eigenvalue weighted by Crippen LogP contribution is 2.34. The van der Waals surface area contributed by atoms with Gasteiger partial charge in [-0.3, -0.25) is 0 Å². The van der Waals surface area contributed by atoms with Gasteiger partial charge in [0.15, 0.2) is 0 Å². The van der Waals surface area contributed by atoms with Crippen molar-refractivity contribution >= 4 is 15.9 Å². The lowest BCUT2D eigenvalue weighted by molar-refractivity contribution is 0.0999. The maximum atomic E-state index is 6.20. The first-order chi connectivity index (χ1) is 9.60. The van der Waals surface area contributed by atoms with Crippen LogP contribution in [-0.2, 0) is 6.54 Å². The van der Waals surface area contributed by atoms with Crippen molar-refractivity contribution in [2.24, 2.45) is 11.8 Å². The van der Waals surface area contributed by atoms with Crippen LogP contribution in [0.5, 0.6) is 5.75 Å². The summed E-state index contributed by atoms with van der Waals surface area (Å²) >= 11 is 3.64. The fourth-order valence-electron chi connectivity index (χ4n) is 2.80. The van der Waals surface area contributed by atoms with Gasteiger partial charge in [-0.25, -0.2) is 0 Å². The van der Waals surface area contributed by atoms with Gasteiger partial charge in [0.05, 0.1) is 10.6 Å². The van der Waals surface area contributed by atoms with Crippen molar-refractivity contribution < 1.29 is 4.74 Å². The fraction of sp³-hybridized carbons (Fsp3) is 0.647. The second-order valence-corrected chi connectivity index (χ2v) is 6.91. The van der Waals surface area contributed by atoms with Gasteiger partial charge in [0.25, 0.3) is 0 Å². The van der Waals surface area contributed by atoms with E-state index < -0.39 is 0 Å². The van der Waals surface area contributed by atoms with E-state index in [-0.39, 0.29) is 0 Å². The molecule has 0 amide bonds. The molecular weight excluding hydrogens is 314 g/mol. The van der Waals surface area contributed by atoms with E-state index in [1.54, 1.807) is 0 Å². The molecule has 0 saturated heterocycles. The van der Waals surface area contributed by atoms with E-state index in [1.165, 1.54) is 24.8 Å². The zero-order valence-corrected chi connectivity index (χ0v) is 14.4. The summed E-state index contributed by atoms with van der Waals surface area (Å²) in [5, 5.41) is 3.34. The summed E-state index contributed by atoms with van der Waals surface area (Å²) in [7, 11) is 0. The maximum Gasteiger partial charge on any atom is 0.133 e. The molecule has 1 saturated carbocycles. The average Bonchev–Trinajstić information content (AvgIpc) is 2.43. The minimum Gasteiger partial charge on any atom is -0.489 e. The smallest absolute Gasteiger partial charge is 0.133 e. The Balaban J connectivity index is 1.96. The molecule has 0 aromatic heterocycles. The van der Waals surface area contributed by atoms with Crippen molar-refractivity contribution in [3.8, 4) is 5.75 Å². The van der Waals surface area contributed by atoms with Crippen molar-refractivity contribution in [2.45, 2.75) is 52.7 Å². The molecule has 112 valence electrons. The normalized spacial score (nSPS) is 26.5. The second kappa shape index (κ2) is 7.46. The molecular formula is C17H26BrNO. The second-order valence-electron chi connectivity index (χ2n) is 6.05. The van der Waals surface area contributed by atoms with E-state index in [1.807, 2.05) is 0 Å². The Morgan fingerprint density at radius 3 is 2.70 bits per heavy atom. The molecule has 2 nitrogen and oxygen atoms in total. The molecule has 3 unspecified atom stereocenters. The molecule has 1 aliphatic carbocycles. The molecule has 0 radical (unpaired) electrons. The number of rotatable bonds is 5. The molecule has 1 aliphatic rings. The summed E-state index contributed by atoms with van der Waals surface area (Å²) in [6.07, 6.45) is 4.00. The molecule has 2 rings (SSSR count). The monoisotopic (exact) mass is 339 g/mol. The van der Waals surface area contributed by atoms with E-state index >= 15 is 0 Å². The summed E-state index contributed by atoms with van der Waals surface area (Å²) in [5.74, 6) is 2.58. The standard InChI is InChI=1S/C17H26BrNO/c1-4-19-11-14-6-8-17(16(18)10-14)20-15-7-5-12(2)13(3)9-15/h6,8,10,12-13,15,19H,4-5,7,9,11H2,1-3H3. The summed E-state index contributed by atoms with van der Waals surface area (Å²) in [5.41, 5.74) is 1.29. The largest absolute Gasteiger partial charge is 0.489 e. The van der Waals surface area contributed by atoms with Crippen molar-refractivity contribution in [3.05, 3.63) is 28.2 Å². The van der Waals surface area contributed by atoms with Gasteiger partial charge in [-0.15, -0.1) is 0 Å². The Morgan fingerprint density at radius 2 is 2.05 bits per heavy atom. The van der Waals surface area contributed by atoms with Crippen molar-refractivity contribution in [1.29, 1.82) is 0 Å². The van der Waals surface area contributed by atoms with Crippen LogP contribution in [0.25, 0.3) is 0 Å². The van der Waals surface area contributed by atoms with Gasteiger partial charge in [-0.2, -0.15) is 0 Å². The zero-order valence-electron chi connectivity index (χ0n) is 12.8. The first kappa shape index (κ1) is 15.8. The van der Waals surface area contributed by atoms with E-state index in [0.717, 1.165) is 35.1 Å². The highest BCUT2D eigenvalue weighted by Gasteiger charge is 2.26. The molecule has 0 bridgehead atoms. The van der Waals surface area contributed by atoms with Crippen molar-refractivity contribution in [2.75, 3.05) is 6.54 Å². The third kappa shape index (κ3) is 4.23. The SMILES string of the molecule is CCNCc1ccc(OC2CCC(C)C(C)C2)c(Br)c1. The number of hydrogen-bond donors (Lipinski definition) is 1. The van der Waals surface area contributed by atoms with Gasteiger partial charge in [-0.1, -0.05) is 26.8 Å². The molecule has 1 N–H and O–H groups in total. The minimum atomic E-state index is 0.372. The van der Waals surface area contributed by atoms with E-state index in [2.05, 4.69) is 60.2 Å². The lowest BCUT2D eigenvalue weighted by atomic mass is 9.80. The first-order valence-electron chi connectivity index (χ1n) is 7.76. The highest BCUT2D eigenvalue weighted by atomic mass is 79.9. The Bertz CT molecular complexity index is 435. The van der Waals surface area contributed by atoms with Crippen LogP contribution in [0.4, 0.5) is 0 Å². The van der Waals surface area contributed by atoms with Gasteiger partial charge in [0.2, 0.25) is 0 Å². The Morgan fingerprint density at radius 1 is 1.25 bits per heavy atom. The topological polar surface area (TPSA) is 21.3 Å². The van der Waals surface area contributed by atoms with Gasteiger partial charge in [-0.05, 0) is 71.3 Å². The zero-order chi connectivity index (χ0) is 14.5. The predicted octanol–water partition coefficient (Wildman–Crippen LogP) is 4.76. The van der Waals surface area contributed by atoms with E-state index in [0.29, 0.717) is 6.10 Å². The van der Waals surface area contributed by atoms with Gasteiger partial charge < -0.3 is 10.1 Å². The van der Waals surface area contributed by atoms with Crippen LogP contribution in [0, 0.1) is 11.8 Å². The fourth-order valence-corrected chi connectivity index (χ4v) is 3.32.